The van der Waals surface area contributed by atoms with E-state index in [4.69, 9.17) is 10.5 Å². The first-order valence-corrected chi connectivity index (χ1v) is 5.91. The van der Waals surface area contributed by atoms with E-state index in [1.807, 2.05) is 0 Å². The lowest BCUT2D eigenvalue weighted by molar-refractivity contribution is -0.144. The van der Waals surface area contributed by atoms with Gasteiger partial charge in [0.25, 0.3) is 0 Å². The van der Waals surface area contributed by atoms with Crippen LogP contribution in [0.5, 0.6) is 5.75 Å². The Labute approximate surface area is 111 Å². The van der Waals surface area contributed by atoms with Gasteiger partial charge < -0.3 is 15.6 Å². The number of phenolic OH excluding ortho intramolecular Hbond substituents is 1. The molecule has 0 saturated carbocycles. The minimum Gasteiger partial charge on any atom is -0.508 e. The van der Waals surface area contributed by atoms with E-state index in [2.05, 4.69) is 0 Å². The number of nitrogens with two attached hydrogens (primary N) is 1. The van der Waals surface area contributed by atoms with Crippen molar-refractivity contribution in [3.63, 3.8) is 0 Å². The molecule has 2 rings (SSSR count). The van der Waals surface area contributed by atoms with E-state index in [1.165, 1.54) is 0 Å². The highest BCUT2D eigenvalue weighted by Crippen LogP contribution is 2.12. The lowest BCUT2D eigenvalue weighted by atomic mass is 10.1. The summed E-state index contributed by atoms with van der Waals surface area (Å²) in [7, 11) is 0. The molecule has 0 amide bonds. The van der Waals surface area contributed by atoms with Gasteiger partial charge in [0.2, 0.25) is 0 Å². The van der Waals surface area contributed by atoms with Gasteiger partial charge in [-0.3, -0.25) is 4.79 Å². The molecule has 2 aromatic carbocycles. The molecule has 0 fully saturated rings. The molecule has 0 unspecified atom stereocenters. The van der Waals surface area contributed by atoms with Gasteiger partial charge in [-0.1, -0.05) is 24.3 Å². The van der Waals surface area contributed by atoms with Gasteiger partial charge in [0.1, 0.15) is 12.4 Å². The van der Waals surface area contributed by atoms with Crippen LogP contribution in [0.25, 0.3) is 0 Å². The second-order valence-electron chi connectivity index (χ2n) is 4.25. The van der Waals surface area contributed by atoms with Crippen molar-refractivity contribution in [3.05, 3.63) is 59.7 Å². The van der Waals surface area contributed by atoms with Crippen molar-refractivity contribution in [1.29, 1.82) is 0 Å². The Morgan fingerprint density at radius 1 is 1.11 bits per heavy atom. The van der Waals surface area contributed by atoms with Crippen LogP contribution in [0.3, 0.4) is 0 Å². The maximum atomic E-state index is 11.6. The number of anilines is 1. The smallest absolute Gasteiger partial charge is 0.310 e. The summed E-state index contributed by atoms with van der Waals surface area (Å²) in [5.74, 6) is -0.153. The Kier molecular flexibility index (Phi) is 4.03. The predicted octanol–water partition coefficient (Wildman–Crippen LogP) is 2.26. The van der Waals surface area contributed by atoms with Gasteiger partial charge in [0, 0.05) is 5.69 Å². The number of carbonyl (C=O) groups is 1. The molecule has 0 radical (unpaired) electrons. The van der Waals surface area contributed by atoms with Gasteiger partial charge in [-0.15, -0.1) is 0 Å². The third-order valence-electron chi connectivity index (χ3n) is 2.64. The van der Waals surface area contributed by atoms with E-state index in [-0.39, 0.29) is 24.7 Å². The molecule has 0 aliphatic heterocycles. The summed E-state index contributed by atoms with van der Waals surface area (Å²) in [6.07, 6.45) is 0.207. The Balaban J connectivity index is 1.86. The monoisotopic (exact) mass is 257 g/mol. The quantitative estimate of drug-likeness (QED) is 0.651. The molecular weight excluding hydrogens is 242 g/mol. The Morgan fingerprint density at radius 3 is 2.53 bits per heavy atom. The molecule has 0 saturated heterocycles. The molecular formula is C15H15NO3. The maximum Gasteiger partial charge on any atom is 0.310 e. The molecule has 4 nitrogen and oxygen atoms in total. The van der Waals surface area contributed by atoms with Crippen LogP contribution in [0.1, 0.15) is 11.1 Å². The molecule has 0 bridgehead atoms. The standard InChI is InChI=1S/C15H15NO3/c16-13-6-4-11(5-7-13)9-15(18)19-10-12-2-1-3-14(17)8-12/h1-8,17H,9-10,16H2. The highest BCUT2D eigenvalue weighted by atomic mass is 16.5. The number of hydrogen-bond acceptors (Lipinski definition) is 4. The maximum absolute atomic E-state index is 11.6. The Bertz CT molecular complexity index is 564. The highest BCUT2D eigenvalue weighted by molar-refractivity contribution is 5.72. The predicted molar refractivity (Wildman–Crippen MR) is 72.5 cm³/mol. The van der Waals surface area contributed by atoms with E-state index in [9.17, 15) is 9.90 Å². The van der Waals surface area contributed by atoms with E-state index < -0.39 is 0 Å². The van der Waals surface area contributed by atoms with E-state index in [0.29, 0.717) is 5.69 Å². The number of ether oxygens (including phenoxy) is 1. The lowest BCUT2D eigenvalue weighted by Crippen LogP contribution is -2.08. The number of hydrogen-bond donors (Lipinski definition) is 2. The van der Waals surface area contributed by atoms with Crippen molar-refractivity contribution >= 4 is 11.7 Å². The molecule has 0 spiro atoms. The Morgan fingerprint density at radius 2 is 1.84 bits per heavy atom. The SMILES string of the molecule is Nc1ccc(CC(=O)OCc2cccc(O)c2)cc1. The van der Waals surface area contributed by atoms with Gasteiger partial charge in [-0.2, -0.15) is 0 Å². The number of carbonyl (C=O) groups excluding carboxylic acids is 1. The van der Waals surface area contributed by atoms with Crippen LogP contribution < -0.4 is 5.73 Å². The minimum absolute atomic E-state index is 0.155. The molecule has 2 aromatic rings. The van der Waals surface area contributed by atoms with Crippen molar-refractivity contribution in [2.24, 2.45) is 0 Å². The van der Waals surface area contributed by atoms with Crippen molar-refractivity contribution < 1.29 is 14.6 Å². The van der Waals surface area contributed by atoms with Crippen LogP contribution in [0, 0.1) is 0 Å². The zero-order valence-electron chi connectivity index (χ0n) is 10.4. The van der Waals surface area contributed by atoms with E-state index in [0.717, 1.165) is 11.1 Å². The number of phenols is 1. The normalized spacial score (nSPS) is 10.1. The summed E-state index contributed by atoms with van der Waals surface area (Å²) >= 11 is 0. The minimum atomic E-state index is -0.312. The molecule has 0 aromatic heterocycles. The van der Waals surface area contributed by atoms with Crippen LogP contribution >= 0.6 is 0 Å². The van der Waals surface area contributed by atoms with Crippen LogP contribution in [0.2, 0.25) is 0 Å². The molecule has 0 atom stereocenters. The molecule has 98 valence electrons. The van der Waals surface area contributed by atoms with Crippen LogP contribution in [0.4, 0.5) is 5.69 Å². The Hall–Kier alpha value is -2.49. The number of rotatable bonds is 4. The number of esters is 1. The van der Waals surface area contributed by atoms with Gasteiger partial charge in [0.15, 0.2) is 0 Å². The zero-order valence-corrected chi connectivity index (χ0v) is 10.4. The van der Waals surface area contributed by atoms with Crippen molar-refractivity contribution in [2.75, 3.05) is 5.73 Å². The van der Waals surface area contributed by atoms with Crippen molar-refractivity contribution in [3.8, 4) is 5.75 Å². The van der Waals surface area contributed by atoms with Crippen molar-refractivity contribution in [2.45, 2.75) is 13.0 Å². The fourth-order valence-corrected chi connectivity index (χ4v) is 1.66. The van der Waals surface area contributed by atoms with Gasteiger partial charge in [-0.05, 0) is 35.4 Å². The molecule has 0 heterocycles. The number of benzene rings is 2. The lowest BCUT2D eigenvalue weighted by Gasteiger charge is -2.05. The van der Waals surface area contributed by atoms with Gasteiger partial charge >= 0.3 is 5.97 Å². The molecule has 0 aliphatic carbocycles. The van der Waals surface area contributed by atoms with E-state index >= 15 is 0 Å². The molecule has 4 heteroatoms. The largest absolute Gasteiger partial charge is 0.508 e. The summed E-state index contributed by atoms with van der Waals surface area (Å²) in [5.41, 5.74) is 7.84. The van der Waals surface area contributed by atoms with Crippen LogP contribution in [-0.2, 0) is 22.6 Å². The highest BCUT2D eigenvalue weighted by Gasteiger charge is 2.05. The third kappa shape index (κ3) is 4.03. The second kappa shape index (κ2) is 5.91. The number of nitrogen functional groups attached to an aromatic ring is 1. The fraction of sp³-hybridized carbons (Fsp3) is 0.133. The fourth-order valence-electron chi connectivity index (χ4n) is 1.66. The average molecular weight is 257 g/mol. The van der Waals surface area contributed by atoms with Crippen LogP contribution in [-0.4, -0.2) is 11.1 Å². The topological polar surface area (TPSA) is 72.6 Å². The number of aromatic hydroxyl groups is 1. The second-order valence-corrected chi connectivity index (χ2v) is 4.25. The first-order chi connectivity index (χ1) is 9.13. The summed E-state index contributed by atoms with van der Waals surface area (Å²) in [6, 6.07) is 13.7. The average Bonchev–Trinajstić information content (AvgIpc) is 2.39. The summed E-state index contributed by atoms with van der Waals surface area (Å²) < 4.78 is 5.14. The third-order valence-corrected chi connectivity index (χ3v) is 2.64. The first kappa shape index (κ1) is 13.0. The van der Waals surface area contributed by atoms with Crippen molar-refractivity contribution in [1.82, 2.24) is 0 Å². The van der Waals surface area contributed by atoms with Gasteiger partial charge in [-0.25, -0.2) is 0 Å². The molecule has 19 heavy (non-hydrogen) atoms. The van der Waals surface area contributed by atoms with Gasteiger partial charge in [0.05, 0.1) is 6.42 Å². The molecule has 0 aliphatic rings. The summed E-state index contributed by atoms with van der Waals surface area (Å²) in [4.78, 5) is 11.6. The first-order valence-electron chi connectivity index (χ1n) is 5.91. The summed E-state index contributed by atoms with van der Waals surface area (Å²) in [5, 5.41) is 9.29. The molecule has 3 N–H and O–H groups in total. The zero-order chi connectivity index (χ0) is 13.7. The van der Waals surface area contributed by atoms with E-state index in [1.54, 1.807) is 48.5 Å². The van der Waals surface area contributed by atoms with Crippen LogP contribution in [0.15, 0.2) is 48.5 Å². The summed E-state index contributed by atoms with van der Waals surface area (Å²) in [6.45, 7) is 0.155.